The van der Waals surface area contributed by atoms with Gasteiger partial charge in [-0.2, -0.15) is 0 Å². The summed E-state index contributed by atoms with van der Waals surface area (Å²) in [7, 11) is 0. The van der Waals surface area contributed by atoms with E-state index >= 15 is 0 Å². The van der Waals surface area contributed by atoms with Gasteiger partial charge in [0.15, 0.2) is 0 Å². The first kappa shape index (κ1) is 10.2. The Balaban J connectivity index is 1.85. The van der Waals surface area contributed by atoms with E-state index in [0.29, 0.717) is 11.8 Å². The average Bonchev–Trinajstić information content (AvgIpc) is 2.78. The van der Waals surface area contributed by atoms with Crippen LogP contribution >= 0.6 is 0 Å². The smallest absolute Gasteiger partial charge is 0.115 e. The Morgan fingerprint density at radius 1 is 1.00 bits per heavy atom. The summed E-state index contributed by atoms with van der Waals surface area (Å²) in [4.78, 5) is 2.68. The summed E-state index contributed by atoms with van der Waals surface area (Å²) >= 11 is 0. The fourth-order valence-electron chi connectivity index (χ4n) is 3.35. The number of phenols is 1. The number of nitrogens with zero attached hydrogens (tertiary/aromatic N) is 1. The van der Waals surface area contributed by atoms with Crippen LogP contribution in [0.25, 0.3) is 0 Å². The zero-order valence-electron chi connectivity index (χ0n) is 9.60. The fraction of sp³-hybridized carbons (Fsp3) is 0.571. The maximum absolute atomic E-state index is 9.33. The van der Waals surface area contributed by atoms with Crippen molar-refractivity contribution >= 4 is 0 Å². The molecule has 86 valence electrons. The first-order chi connectivity index (χ1) is 7.84. The Kier molecular flexibility index (Phi) is 2.60. The molecule has 3 rings (SSSR count). The van der Waals surface area contributed by atoms with Crippen molar-refractivity contribution in [1.29, 1.82) is 0 Å². The lowest BCUT2D eigenvalue weighted by Crippen LogP contribution is -2.37. The SMILES string of the molecule is Oc1ccc([C@@H]2CCC[C@@H]3CCCN32)cc1. The van der Waals surface area contributed by atoms with Crippen molar-refractivity contribution in [2.24, 2.45) is 0 Å². The molecule has 0 unspecified atom stereocenters. The van der Waals surface area contributed by atoms with Gasteiger partial charge in [0.2, 0.25) is 0 Å². The van der Waals surface area contributed by atoms with Gasteiger partial charge in [-0.25, -0.2) is 0 Å². The van der Waals surface area contributed by atoms with Gasteiger partial charge in [-0.1, -0.05) is 12.1 Å². The summed E-state index contributed by atoms with van der Waals surface area (Å²) in [5.74, 6) is 0.373. The molecule has 0 saturated carbocycles. The summed E-state index contributed by atoms with van der Waals surface area (Å²) in [6.45, 7) is 1.26. The standard InChI is InChI=1S/C14H19NO/c16-13-8-6-11(7-9-13)14-5-1-3-12-4-2-10-15(12)14/h6-9,12,14,16H,1-5,10H2/t12-,14+/m1/s1. The quantitative estimate of drug-likeness (QED) is 0.781. The third-order valence-corrected chi connectivity index (χ3v) is 4.12. The van der Waals surface area contributed by atoms with Gasteiger partial charge in [-0.05, 0) is 56.3 Å². The summed E-state index contributed by atoms with van der Waals surface area (Å²) < 4.78 is 0. The van der Waals surface area contributed by atoms with Gasteiger partial charge in [0.1, 0.15) is 5.75 Å². The largest absolute Gasteiger partial charge is 0.508 e. The zero-order chi connectivity index (χ0) is 11.0. The van der Waals surface area contributed by atoms with E-state index < -0.39 is 0 Å². The highest BCUT2D eigenvalue weighted by Crippen LogP contribution is 2.39. The van der Waals surface area contributed by atoms with Crippen molar-refractivity contribution in [1.82, 2.24) is 4.90 Å². The number of phenolic OH excluding ortho intramolecular Hbond substituents is 1. The van der Waals surface area contributed by atoms with Crippen LogP contribution in [-0.2, 0) is 0 Å². The summed E-state index contributed by atoms with van der Waals surface area (Å²) in [5.41, 5.74) is 1.38. The molecule has 2 atom stereocenters. The van der Waals surface area contributed by atoms with E-state index in [1.54, 1.807) is 0 Å². The topological polar surface area (TPSA) is 23.5 Å². The minimum absolute atomic E-state index is 0.373. The molecule has 0 radical (unpaired) electrons. The van der Waals surface area contributed by atoms with Crippen molar-refractivity contribution < 1.29 is 5.11 Å². The van der Waals surface area contributed by atoms with E-state index in [0.717, 1.165) is 6.04 Å². The van der Waals surface area contributed by atoms with E-state index in [1.165, 1.54) is 44.2 Å². The Morgan fingerprint density at radius 2 is 1.75 bits per heavy atom. The first-order valence-corrected chi connectivity index (χ1v) is 6.39. The zero-order valence-corrected chi connectivity index (χ0v) is 9.60. The van der Waals surface area contributed by atoms with Gasteiger partial charge >= 0.3 is 0 Å². The molecule has 0 amide bonds. The van der Waals surface area contributed by atoms with E-state index in [4.69, 9.17) is 0 Å². The van der Waals surface area contributed by atoms with Crippen molar-refractivity contribution in [2.75, 3.05) is 6.54 Å². The average molecular weight is 217 g/mol. The number of hydrogen-bond donors (Lipinski definition) is 1. The second-order valence-electron chi connectivity index (χ2n) is 5.07. The van der Waals surface area contributed by atoms with Crippen LogP contribution in [0.4, 0.5) is 0 Å². The molecule has 2 aliphatic rings. The Bertz CT molecular complexity index is 360. The highest BCUT2D eigenvalue weighted by molar-refractivity contribution is 5.28. The number of benzene rings is 1. The Labute approximate surface area is 96.9 Å². The maximum atomic E-state index is 9.33. The molecule has 2 heteroatoms. The van der Waals surface area contributed by atoms with Crippen LogP contribution in [0.2, 0.25) is 0 Å². The predicted molar refractivity (Wildman–Crippen MR) is 64.4 cm³/mol. The molecule has 2 saturated heterocycles. The lowest BCUT2D eigenvalue weighted by molar-refractivity contribution is 0.123. The molecule has 2 fully saturated rings. The third-order valence-electron chi connectivity index (χ3n) is 4.12. The maximum Gasteiger partial charge on any atom is 0.115 e. The van der Waals surface area contributed by atoms with Crippen LogP contribution in [0.1, 0.15) is 43.7 Å². The van der Waals surface area contributed by atoms with Crippen LogP contribution in [-0.4, -0.2) is 22.6 Å². The number of piperidine rings is 1. The fourth-order valence-corrected chi connectivity index (χ4v) is 3.35. The van der Waals surface area contributed by atoms with Crippen molar-refractivity contribution in [3.8, 4) is 5.75 Å². The molecule has 1 aromatic carbocycles. The Morgan fingerprint density at radius 3 is 2.56 bits per heavy atom. The molecular formula is C14H19NO. The van der Waals surface area contributed by atoms with E-state index in [9.17, 15) is 5.11 Å². The highest BCUT2D eigenvalue weighted by Gasteiger charge is 2.34. The number of fused-ring (bicyclic) bond motifs is 1. The lowest BCUT2D eigenvalue weighted by Gasteiger charge is -2.38. The predicted octanol–water partition coefficient (Wildman–Crippen LogP) is 3.08. The van der Waals surface area contributed by atoms with Crippen molar-refractivity contribution in [2.45, 2.75) is 44.2 Å². The summed E-state index contributed by atoms with van der Waals surface area (Å²) in [5, 5.41) is 9.33. The van der Waals surface area contributed by atoms with Gasteiger partial charge in [-0.15, -0.1) is 0 Å². The van der Waals surface area contributed by atoms with Crippen LogP contribution in [0.5, 0.6) is 5.75 Å². The molecule has 2 heterocycles. The monoisotopic (exact) mass is 217 g/mol. The minimum Gasteiger partial charge on any atom is -0.508 e. The summed E-state index contributed by atoms with van der Waals surface area (Å²) in [6, 6.07) is 9.22. The second kappa shape index (κ2) is 4.10. The highest BCUT2D eigenvalue weighted by atomic mass is 16.3. The second-order valence-corrected chi connectivity index (χ2v) is 5.07. The van der Waals surface area contributed by atoms with E-state index in [1.807, 2.05) is 12.1 Å². The third kappa shape index (κ3) is 1.71. The molecule has 0 aliphatic carbocycles. The molecule has 0 spiro atoms. The van der Waals surface area contributed by atoms with E-state index in [-0.39, 0.29) is 0 Å². The molecule has 2 nitrogen and oxygen atoms in total. The molecule has 2 aliphatic heterocycles. The minimum atomic E-state index is 0.373. The van der Waals surface area contributed by atoms with Crippen LogP contribution in [0.3, 0.4) is 0 Å². The van der Waals surface area contributed by atoms with Gasteiger partial charge in [0, 0.05) is 12.1 Å². The van der Waals surface area contributed by atoms with Crippen LogP contribution in [0, 0.1) is 0 Å². The normalized spacial score (nSPS) is 30.2. The van der Waals surface area contributed by atoms with Gasteiger partial charge < -0.3 is 5.11 Å². The van der Waals surface area contributed by atoms with Crippen molar-refractivity contribution in [3.63, 3.8) is 0 Å². The Hall–Kier alpha value is -1.02. The van der Waals surface area contributed by atoms with Gasteiger partial charge in [0.25, 0.3) is 0 Å². The number of hydrogen-bond acceptors (Lipinski definition) is 2. The summed E-state index contributed by atoms with van der Waals surface area (Å²) in [6.07, 6.45) is 6.76. The molecule has 1 aromatic rings. The van der Waals surface area contributed by atoms with Gasteiger partial charge in [-0.3, -0.25) is 4.90 Å². The number of rotatable bonds is 1. The molecule has 0 aromatic heterocycles. The van der Waals surface area contributed by atoms with Crippen LogP contribution in [0.15, 0.2) is 24.3 Å². The van der Waals surface area contributed by atoms with E-state index in [2.05, 4.69) is 17.0 Å². The van der Waals surface area contributed by atoms with Gasteiger partial charge in [0.05, 0.1) is 0 Å². The molecule has 1 N–H and O–H groups in total. The molecular weight excluding hydrogens is 198 g/mol. The molecule has 0 bridgehead atoms. The van der Waals surface area contributed by atoms with Crippen LogP contribution < -0.4 is 0 Å². The lowest BCUT2D eigenvalue weighted by atomic mass is 9.92. The first-order valence-electron chi connectivity index (χ1n) is 6.39. The number of aromatic hydroxyl groups is 1. The molecule has 16 heavy (non-hydrogen) atoms. The van der Waals surface area contributed by atoms with Crippen molar-refractivity contribution in [3.05, 3.63) is 29.8 Å².